The summed E-state index contributed by atoms with van der Waals surface area (Å²) in [6, 6.07) is 0. The smallest absolute Gasteiger partial charge is 0.0565 e. The summed E-state index contributed by atoms with van der Waals surface area (Å²) in [7, 11) is 0. The molecule has 1 heteroatoms. The van der Waals surface area contributed by atoms with Gasteiger partial charge in [-0.25, -0.2) is 0 Å². The molecule has 78 valence electrons. The van der Waals surface area contributed by atoms with Crippen molar-refractivity contribution in [1.82, 2.24) is 0 Å². The van der Waals surface area contributed by atoms with E-state index in [2.05, 4.69) is 20.4 Å². The van der Waals surface area contributed by atoms with Crippen molar-refractivity contribution in [2.24, 2.45) is 5.92 Å². The van der Waals surface area contributed by atoms with E-state index in [-0.39, 0.29) is 6.10 Å². The molecule has 0 saturated carbocycles. The van der Waals surface area contributed by atoms with E-state index in [0.29, 0.717) is 5.92 Å². The quantitative estimate of drug-likeness (QED) is 0.452. The number of hydrogen-bond donors (Lipinski definition) is 1. The molecule has 0 saturated heterocycles. The molecule has 2 unspecified atom stereocenters. The van der Waals surface area contributed by atoms with Crippen LogP contribution in [0.4, 0.5) is 0 Å². The van der Waals surface area contributed by atoms with Crippen molar-refractivity contribution >= 4 is 0 Å². The zero-order valence-corrected chi connectivity index (χ0v) is 9.13. The lowest BCUT2D eigenvalue weighted by Crippen LogP contribution is -2.16. The molecule has 0 aliphatic carbocycles. The molecule has 0 spiro atoms. The Kier molecular flexibility index (Phi) is 8.11. The van der Waals surface area contributed by atoms with Crippen LogP contribution in [0, 0.1) is 5.92 Å². The van der Waals surface area contributed by atoms with Crippen LogP contribution in [0.15, 0.2) is 12.7 Å². The summed E-state index contributed by atoms with van der Waals surface area (Å²) in [4.78, 5) is 0. The lowest BCUT2D eigenvalue weighted by molar-refractivity contribution is 0.103. The fraction of sp³-hybridized carbons (Fsp3) is 0.833. The van der Waals surface area contributed by atoms with Crippen molar-refractivity contribution in [3.8, 4) is 0 Å². The summed E-state index contributed by atoms with van der Waals surface area (Å²) in [5.41, 5.74) is 0. The van der Waals surface area contributed by atoms with Crippen molar-refractivity contribution in [3.63, 3.8) is 0 Å². The Morgan fingerprint density at radius 2 is 2.00 bits per heavy atom. The fourth-order valence-electron chi connectivity index (χ4n) is 1.38. The predicted octanol–water partition coefficient (Wildman–Crippen LogP) is 3.53. The summed E-state index contributed by atoms with van der Waals surface area (Å²) in [5.74, 6) is 0.458. The molecule has 0 fully saturated rings. The molecule has 0 aliphatic rings. The van der Waals surface area contributed by atoms with E-state index in [9.17, 15) is 5.11 Å². The zero-order chi connectivity index (χ0) is 10.1. The first kappa shape index (κ1) is 12.7. The van der Waals surface area contributed by atoms with Crippen molar-refractivity contribution in [2.75, 3.05) is 0 Å². The van der Waals surface area contributed by atoms with Gasteiger partial charge in [-0.2, -0.15) is 0 Å². The molecule has 0 rings (SSSR count). The second-order valence-electron chi connectivity index (χ2n) is 3.88. The van der Waals surface area contributed by atoms with Crippen LogP contribution in [0.1, 0.15) is 52.4 Å². The molecule has 2 atom stereocenters. The topological polar surface area (TPSA) is 20.2 Å². The maximum absolute atomic E-state index is 9.65. The third-order valence-electron chi connectivity index (χ3n) is 2.71. The maximum atomic E-state index is 9.65. The molecule has 0 radical (unpaired) electrons. The highest BCUT2D eigenvalue weighted by molar-refractivity contribution is 4.67. The molecule has 0 bridgehead atoms. The van der Waals surface area contributed by atoms with Crippen molar-refractivity contribution in [1.29, 1.82) is 0 Å². The van der Waals surface area contributed by atoms with E-state index in [1.807, 2.05) is 6.08 Å². The minimum Gasteiger partial charge on any atom is -0.393 e. The highest BCUT2D eigenvalue weighted by atomic mass is 16.3. The Bertz CT molecular complexity index is 120. The number of allylic oxidation sites excluding steroid dienone is 1. The summed E-state index contributed by atoms with van der Waals surface area (Å²) >= 11 is 0. The number of aliphatic hydroxyl groups is 1. The van der Waals surface area contributed by atoms with Crippen LogP contribution in [-0.2, 0) is 0 Å². The van der Waals surface area contributed by atoms with Crippen molar-refractivity contribution in [3.05, 3.63) is 12.7 Å². The number of hydrogen-bond acceptors (Lipinski definition) is 1. The second kappa shape index (κ2) is 8.31. The zero-order valence-electron chi connectivity index (χ0n) is 9.13. The van der Waals surface area contributed by atoms with Gasteiger partial charge in [0.25, 0.3) is 0 Å². The molecule has 0 aromatic rings. The third kappa shape index (κ3) is 6.83. The molecule has 13 heavy (non-hydrogen) atoms. The largest absolute Gasteiger partial charge is 0.393 e. The molecular weight excluding hydrogens is 160 g/mol. The van der Waals surface area contributed by atoms with Crippen LogP contribution >= 0.6 is 0 Å². The summed E-state index contributed by atoms with van der Waals surface area (Å²) < 4.78 is 0. The first-order chi connectivity index (χ1) is 6.22. The third-order valence-corrected chi connectivity index (χ3v) is 2.71. The summed E-state index contributed by atoms with van der Waals surface area (Å²) in [5, 5.41) is 9.65. The molecule has 0 aromatic heterocycles. The Morgan fingerprint density at radius 1 is 1.31 bits per heavy atom. The second-order valence-corrected chi connectivity index (χ2v) is 3.88. The van der Waals surface area contributed by atoms with Gasteiger partial charge in [0, 0.05) is 0 Å². The van der Waals surface area contributed by atoms with E-state index < -0.39 is 0 Å². The van der Waals surface area contributed by atoms with Crippen molar-refractivity contribution in [2.45, 2.75) is 58.5 Å². The lowest BCUT2D eigenvalue weighted by atomic mass is 9.97. The van der Waals surface area contributed by atoms with Crippen molar-refractivity contribution < 1.29 is 5.11 Å². The summed E-state index contributed by atoms with van der Waals surface area (Å²) in [6.07, 6.45) is 8.62. The van der Waals surface area contributed by atoms with Gasteiger partial charge in [0.1, 0.15) is 0 Å². The van der Waals surface area contributed by atoms with E-state index in [1.165, 1.54) is 12.8 Å². The average molecular weight is 184 g/mol. The molecule has 0 heterocycles. The highest BCUT2D eigenvalue weighted by Crippen LogP contribution is 2.14. The standard InChI is InChI=1S/C12H24O/c1-4-6-7-8-9-10-12(13)11(3)5-2/h4,11-13H,1,5-10H2,2-3H3. The molecule has 0 aliphatic heterocycles. The van der Waals surface area contributed by atoms with Crippen LogP contribution in [0.3, 0.4) is 0 Å². The Morgan fingerprint density at radius 3 is 2.54 bits per heavy atom. The highest BCUT2D eigenvalue weighted by Gasteiger charge is 2.10. The van der Waals surface area contributed by atoms with E-state index >= 15 is 0 Å². The van der Waals surface area contributed by atoms with E-state index in [0.717, 1.165) is 25.7 Å². The minimum atomic E-state index is -0.0891. The van der Waals surface area contributed by atoms with Gasteiger partial charge in [0.2, 0.25) is 0 Å². The Balaban J connectivity index is 3.26. The van der Waals surface area contributed by atoms with Gasteiger partial charge in [-0.3, -0.25) is 0 Å². The van der Waals surface area contributed by atoms with Gasteiger partial charge in [0.15, 0.2) is 0 Å². The first-order valence-corrected chi connectivity index (χ1v) is 5.51. The molecule has 0 amide bonds. The van der Waals surface area contributed by atoms with E-state index in [1.54, 1.807) is 0 Å². The summed E-state index contributed by atoms with van der Waals surface area (Å²) in [6.45, 7) is 7.94. The van der Waals surface area contributed by atoms with Crippen LogP contribution in [0.2, 0.25) is 0 Å². The normalized spacial score (nSPS) is 15.3. The molecule has 1 nitrogen and oxygen atoms in total. The van der Waals surface area contributed by atoms with Crippen LogP contribution < -0.4 is 0 Å². The maximum Gasteiger partial charge on any atom is 0.0565 e. The molecule has 1 N–H and O–H groups in total. The number of rotatable bonds is 8. The van der Waals surface area contributed by atoms with Gasteiger partial charge in [0.05, 0.1) is 6.10 Å². The average Bonchev–Trinajstić information content (AvgIpc) is 2.16. The van der Waals surface area contributed by atoms with Gasteiger partial charge in [-0.05, 0) is 25.2 Å². The van der Waals surface area contributed by atoms with Gasteiger partial charge < -0.3 is 5.11 Å². The molecule has 0 aromatic carbocycles. The molecular formula is C12H24O. The first-order valence-electron chi connectivity index (χ1n) is 5.51. The van der Waals surface area contributed by atoms with Gasteiger partial charge in [-0.1, -0.05) is 39.2 Å². The minimum absolute atomic E-state index is 0.0891. The fourth-order valence-corrected chi connectivity index (χ4v) is 1.38. The van der Waals surface area contributed by atoms with E-state index in [4.69, 9.17) is 0 Å². The monoisotopic (exact) mass is 184 g/mol. The predicted molar refractivity (Wildman–Crippen MR) is 58.7 cm³/mol. The number of aliphatic hydroxyl groups excluding tert-OH is 1. The Labute approximate surface area is 82.9 Å². The number of unbranched alkanes of at least 4 members (excludes halogenated alkanes) is 3. The van der Waals surface area contributed by atoms with Crippen LogP contribution in [0.5, 0.6) is 0 Å². The van der Waals surface area contributed by atoms with Crippen LogP contribution in [0.25, 0.3) is 0 Å². The Hall–Kier alpha value is -0.300. The SMILES string of the molecule is C=CCCCCCC(O)C(C)CC. The van der Waals surface area contributed by atoms with Gasteiger partial charge in [-0.15, -0.1) is 6.58 Å². The van der Waals surface area contributed by atoms with Gasteiger partial charge >= 0.3 is 0 Å². The van der Waals surface area contributed by atoms with Crippen LogP contribution in [-0.4, -0.2) is 11.2 Å². The lowest BCUT2D eigenvalue weighted by Gasteiger charge is -2.16.